The summed E-state index contributed by atoms with van der Waals surface area (Å²) < 4.78 is 15.8. The number of carbonyl (C=O) groups is 3. The first kappa shape index (κ1) is 21.9. The van der Waals surface area contributed by atoms with E-state index >= 15 is 0 Å². The highest BCUT2D eigenvalue weighted by Gasteiger charge is 2.51. The number of nitrogens with zero attached hydrogens (tertiary/aromatic N) is 1. The Labute approximate surface area is 180 Å². The molecule has 0 bridgehead atoms. The maximum Gasteiger partial charge on any atom is 0.325 e. The van der Waals surface area contributed by atoms with E-state index in [2.05, 4.69) is 10.6 Å². The minimum Gasteiger partial charge on any atom is -0.493 e. The van der Waals surface area contributed by atoms with Crippen LogP contribution in [-0.4, -0.2) is 50.6 Å². The molecule has 2 N–H and O–H groups in total. The van der Waals surface area contributed by atoms with Gasteiger partial charge in [-0.25, -0.2) is 4.79 Å². The average Bonchev–Trinajstić information content (AvgIpc) is 3.03. The Bertz CT molecular complexity index is 969. The third-order valence-corrected chi connectivity index (χ3v) is 5.22. The van der Waals surface area contributed by atoms with E-state index in [1.54, 1.807) is 36.4 Å². The Balaban J connectivity index is 1.80. The largest absolute Gasteiger partial charge is 0.493 e. The number of rotatable bonds is 8. The van der Waals surface area contributed by atoms with Gasteiger partial charge in [-0.1, -0.05) is 37.3 Å². The summed E-state index contributed by atoms with van der Waals surface area (Å²) in [5.74, 6) is 0.0964. The smallest absolute Gasteiger partial charge is 0.325 e. The number of amides is 4. The number of benzene rings is 2. The fourth-order valence-corrected chi connectivity index (χ4v) is 3.63. The van der Waals surface area contributed by atoms with Crippen LogP contribution in [0.25, 0.3) is 0 Å². The fraction of sp³-hybridized carbons (Fsp3) is 0.318. The summed E-state index contributed by atoms with van der Waals surface area (Å²) in [6, 6.07) is 11.5. The van der Waals surface area contributed by atoms with Gasteiger partial charge in [0.05, 0.1) is 21.3 Å². The molecule has 4 amide bonds. The average molecular weight is 427 g/mol. The number of ether oxygens (including phenoxy) is 3. The van der Waals surface area contributed by atoms with Gasteiger partial charge in [-0.2, -0.15) is 0 Å². The molecule has 1 aliphatic rings. The van der Waals surface area contributed by atoms with E-state index in [1.807, 2.05) is 13.0 Å². The summed E-state index contributed by atoms with van der Waals surface area (Å²) in [5, 5.41) is 5.42. The summed E-state index contributed by atoms with van der Waals surface area (Å²) in [4.78, 5) is 39.3. The van der Waals surface area contributed by atoms with Crippen LogP contribution in [0.1, 0.15) is 18.9 Å². The van der Waals surface area contributed by atoms with Gasteiger partial charge in [0.2, 0.25) is 11.7 Å². The van der Waals surface area contributed by atoms with Crippen molar-refractivity contribution in [1.82, 2.24) is 10.2 Å². The van der Waals surface area contributed by atoms with Crippen LogP contribution in [0, 0.1) is 0 Å². The Morgan fingerprint density at radius 1 is 1.03 bits per heavy atom. The molecule has 0 aromatic heterocycles. The van der Waals surface area contributed by atoms with Gasteiger partial charge in [0.1, 0.15) is 12.1 Å². The SMILES string of the molecule is CC[C@@]1(c2ccccc2)NC(=O)N(CC(=O)Nc2cc(OC)c(OC)c(OC)c2)C1=O. The third-order valence-electron chi connectivity index (χ3n) is 5.22. The van der Waals surface area contributed by atoms with Crippen LogP contribution in [0.4, 0.5) is 10.5 Å². The predicted octanol–water partition coefficient (Wildman–Crippen LogP) is 2.51. The van der Waals surface area contributed by atoms with Crippen molar-refractivity contribution in [2.24, 2.45) is 0 Å². The summed E-state index contributed by atoms with van der Waals surface area (Å²) >= 11 is 0. The lowest BCUT2D eigenvalue weighted by Gasteiger charge is -2.25. The zero-order chi connectivity index (χ0) is 22.6. The van der Waals surface area contributed by atoms with Crippen LogP contribution in [0.15, 0.2) is 42.5 Å². The number of carbonyl (C=O) groups excluding carboxylic acids is 3. The van der Waals surface area contributed by atoms with Crippen LogP contribution < -0.4 is 24.8 Å². The number of nitrogens with one attached hydrogen (secondary N) is 2. The molecule has 1 fully saturated rings. The van der Waals surface area contributed by atoms with Gasteiger partial charge in [0.15, 0.2) is 11.5 Å². The zero-order valence-corrected chi connectivity index (χ0v) is 17.9. The van der Waals surface area contributed by atoms with Crippen molar-refractivity contribution >= 4 is 23.5 Å². The van der Waals surface area contributed by atoms with E-state index in [0.29, 0.717) is 34.9 Å². The molecule has 1 heterocycles. The second-order valence-corrected chi connectivity index (χ2v) is 6.91. The predicted molar refractivity (Wildman–Crippen MR) is 113 cm³/mol. The zero-order valence-electron chi connectivity index (χ0n) is 17.9. The summed E-state index contributed by atoms with van der Waals surface area (Å²) in [6.45, 7) is 1.38. The number of urea groups is 1. The van der Waals surface area contributed by atoms with Crippen molar-refractivity contribution in [2.75, 3.05) is 33.2 Å². The lowest BCUT2D eigenvalue weighted by molar-refractivity contribution is -0.134. The van der Waals surface area contributed by atoms with Crippen molar-refractivity contribution in [2.45, 2.75) is 18.9 Å². The molecule has 1 atom stereocenters. The minimum atomic E-state index is -1.19. The van der Waals surface area contributed by atoms with Gasteiger partial charge >= 0.3 is 6.03 Å². The van der Waals surface area contributed by atoms with Crippen LogP contribution in [-0.2, 0) is 15.1 Å². The molecular weight excluding hydrogens is 402 g/mol. The highest BCUT2D eigenvalue weighted by Crippen LogP contribution is 2.40. The van der Waals surface area contributed by atoms with Crippen molar-refractivity contribution < 1.29 is 28.6 Å². The van der Waals surface area contributed by atoms with Crippen LogP contribution >= 0.6 is 0 Å². The van der Waals surface area contributed by atoms with Gasteiger partial charge in [-0.3, -0.25) is 14.5 Å². The summed E-state index contributed by atoms with van der Waals surface area (Å²) in [5.41, 5.74) is -0.148. The molecule has 1 saturated heterocycles. The van der Waals surface area contributed by atoms with Crippen molar-refractivity contribution in [3.05, 3.63) is 48.0 Å². The topological polar surface area (TPSA) is 106 Å². The van der Waals surface area contributed by atoms with Gasteiger partial charge in [0, 0.05) is 17.8 Å². The molecule has 1 aliphatic heterocycles. The normalized spacial score (nSPS) is 17.9. The molecule has 3 rings (SSSR count). The standard InChI is InChI=1S/C22H25N3O6/c1-5-22(14-9-7-6-8-10-14)20(27)25(21(28)24-22)13-18(26)23-15-11-16(29-2)19(31-4)17(12-15)30-3/h6-12H,5,13H2,1-4H3,(H,23,26)(H,24,28)/t22-/m0/s1. The number of hydrogen-bond donors (Lipinski definition) is 2. The maximum absolute atomic E-state index is 13.1. The first-order valence-corrected chi connectivity index (χ1v) is 9.69. The second-order valence-electron chi connectivity index (χ2n) is 6.91. The molecule has 0 spiro atoms. The minimum absolute atomic E-state index is 0.354. The Morgan fingerprint density at radius 2 is 1.65 bits per heavy atom. The Morgan fingerprint density at radius 3 is 2.16 bits per heavy atom. The third kappa shape index (κ3) is 3.98. The number of methoxy groups -OCH3 is 3. The van der Waals surface area contributed by atoms with Crippen LogP contribution in [0.2, 0.25) is 0 Å². The molecule has 0 unspecified atom stereocenters. The fourth-order valence-electron chi connectivity index (χ4n) is 3.63. The van der Waals surface area contributed by atoms with E-state index in [4.69, 9.17) is 14.2 Å². The van der Waals surface area contributed by atoms with Crippen molar-refractivity contribution in [3.63, 3.8) is 0 Å². The summed E-state index contributed by atoms with van der Waals surface area (Å²) in [6.07, 6.45) is 0.354. The first-order chi connectivity index (χ1) is 14.9. The highest BCUT2D eigenvalue weighted by atomic mass is 16.5. The monoisotopic (exact) mass is 427 g/mol. The molecule has 9 nitrogen and oxygen atoms in total. The van der Waals surface area contributed by atoms with Crippen LogP contribution in [0.5, 0.6) is 17.2 Å². The second kappa shape index (κ2) is 8.95. The quantitative estimate of drug-likeness (QED) is 0.627. The molecule has 0 aliphatic carbocycles. The molecule has 0 saturated carbocycles. The molecule has 0 radical (unpaired) electrons. The summed E-state index contributed by atoms with van der Waals surface area (Å²) in [7, 11) is 4.40. The number of anilines is 1. The van der Waals surface area contributed by atoms with Gasteiger partial charge in [-0.15, -0.1) is 0 Å². The lowest BCUT2D eigenvalue weighted by atomic mass is 9.87. The molecular formula is C22H25N3O6. The van der Waals surface area contributed by atoms with E-state index in [1.165, 1.54) is 21.3 Å². The van der Waals surface area contributed by atoms with E-state index in [-0.39, 0.29) is 0 Å². The van der Waals surface area contributed by atoms with Gasteiger partial charge in [-0.05, 0) is 12.0 Å². The molecule has 9 heteroatoms. The Hall–Kier alpha value is -3.75. The lowest BCUT2D eigenvalue weighted by Crippen LogP contribution is -2.44. The van der Waals surface area contributed by atoms with Gasteiger partial charge in [0.25, 0.3) is 5.91 Å². The molecule has 31 heavy (non-hydrogen) atoms. The van der Waals surface area contributed by atoms with E-state index in [0.717, 1.165) is 4.90 Å². The van der Waals surface area contributed by atoms with Crippen LogP contribution in [0.3, 0.4) is 0 Å². The van der Waals surface area contributed by atoms with E-state index < -0.39 is 29.9 Å². The molecule has 2 aromatic carbocycles. The van der Waals surface area contributed by atoms with Crippen molar-refractivity contribution in [1.29, 1.82) is 0 Å². The maximum atomic E-state index is 13.1. The Kier molecular flexibility index (Phi) is 6.33. The number of imide groups is 1. The molecule has 164 valence electrons. The first-order valence-electron chi connectivity index (χ1n) is 9.69. The van der Waals surface area contributed by atoms with Crippen molar-refractivity contribution in [3.8, 4) is 17.2 Å². The highest BCUT2D eigenvalue weighted by molar-refractivity contribution is 6.10. The van der Waals surface area contributed by atoms with Gasteiger partial charge < -0.3 is 24.8 Å². The number of hydrogen-bond acceptors (Lipinski definition) is 6. The molecule has 2 aromatic rings. The van der Waals surface area contributed by atoms with E-state index in [9.17, 15) is 14.4 Å².